The summed E-state index contributed by atoms with van der Waals surface area (Å²) in [4.78, 5) is 2.52. The Morgan fingerprint density at radius 2 is 2.17 bits per heavy atom. The monoisotopic (exact) mass is 252 g/mol. The predicted molar refractivity (Wildman–Crippen MR) is 78.8 cm³/mol. The molecule has 1 saturated heterocycles. The van der Waals surface area contributed by atoms with Crippen LogP contribution in [-0.4, -0.2) is 43.8 Å². The summed E-state index contributed by atoms with van der Waals surface area (Å²) in [5, 5.41) is 3.41. The number of likely N-dealkylation sites (N-methyl/N-ethyl adjacent to an activating group) is 1. The van der Waals surface area contributed by atoms with E-state index in [0.29, 0.717) is 6.04 Å². The summed E-state index contributed by atoms with van der Waals surface area (Å²) < 4.78 is 5.57. The molecule has 1 heterocycles. The Balaban J connectivity index is 0.00000162. The Morgan fingerprint density at radius 1 is 1.39 bits per heavy atom. The minimum absolute atomic E-state index is 0. The van der Waals surface area contributed by atoms with E-state index in [1.807, 2.05) is 0 Å². The summed E-state index contributed by atoms with van der Waals surface area (Å²) >= 11 is 0. The highest BCUT2D eigenvalue weighted by atomic mass is 16.5. The van der Waals surface area contributed by atoms with Crippen molar-refractivity contribution in [1.29, 1.82) is 0 Å². The molecule has 3 nitrogen and oxygen atoms in total. The third-order valence-electron chi connectivity index (χ3n) is 3.21. The summed E-state index contributed by atoms with van der Waals surface area (Å²) in [6, 6.07) is 11.2. The minimum Gasteiger partial charge on any atom is -0.378 e. The number of hydrogen-bond acceptors (Lipinski definition) is 3. The number of nitrogens with one attached hydrogen (secondary N) is 1. The average molecular weight is 252 g/mol. The van der Waals surface area contributed by atoms with Gasteiger partial charge in [0.2, 0.25) is 0 Å². The molecule has 1 aliphatic rings. The molecule has 0 aliphatic carbocycles. The zero-order valence-corrected chi connectivity index (χ0v) is 10.6. The molecule has 1 aliphatic heterocycles. The van der Waals surface area contributed by atoms with E-state index in [9.17, 15) is 0 Å². The van der Waals surface area contributed by atoms with Gasteiger partial charge in [0, 0.05) is 27.1 Å². The summed E-state index contributed by atoms with van der Waals surface area (Å²) in [7, 11) is 0. The second-order valence-corrected chi connectivity index (χ2v) is 4.49. The van der Waals surface area contributed by atoms with Gasteiger partial charge >= 0.3 is 0 Å². The largest absolute Gasteiger partial charge is 0.378 e. The topological polar surface area (TPSA) is 24.5 Å². The SMILES string of the molecule is C.CCNCC1COCCN1Cc1ccccc1.[HH]. The van der Waals surface area contributed by atoms with Gasteiger partial charge in [-0.2, -0.15) is 0 Å². The second-order valence-electron chi connectivity index (χ2n) is 4.49. The summed E-state index contributed by atoms with van der Waals surface area (Å²) in [6.07, 6.45) is 0. The van der Waals surface area contributed by atoms with E-state index >= 15 is 0 Å². The molecule has 1 aromatic carbocycles. The number of benzene rings is 1. The lowest BCUT2D eigenvalue weighted by molar-refractivity contribution is -0.0107. The van der Waals surface area contributed by atoms with Gasteiger partial charge in [-0.3, -0.25) is 4.90 Å². The molecule has 1 aromatic rings. The van der Waals surface area contributed by atoms with Crippen molar-refractivity contribution in [3.8, 4) is 0 Å². The van der Waals surface area contributed by atoms with Gasteiger partial charge in [-0.25, -0.2) is 0 Å². The number of hydrogen-bond donors (Lipinski definition) is 1. The Labute approximate surface area is 113 Å². The van der Waals surface area contributed by atoms with Crippen molar-refractivity contribution >= 4 is 0 Å². The van der Waals surface area contributed by atoms with Crippen LogP contribution in [0.4, 0.5) is 0 Å². The van der Waals surface area contributed by atoms with Crippen LogP contribution in [0.1, 0.15) is 21.3 Å². The molecule has 1 unspecified atom stereocenters. The van der Waals surface area contributed by atoms with Gasteiger partial charge in [-0.15, -0.1) is 0 Å². The van der Waals surface area contributed by atoms with E-state index in [2.05, 4.69) is 47.5 Å². The second kappa shape index (κ2) is 8.25. The molecule has 0 spiro atoms. The molecule has 1 N–H and O–H groups in total. The molecular formula is C15H28N2O. The predicted octanol–water partition coefficient (Wildman–Crippen LogP) is 2.38. The third-order valence-corrected chi connectivity index (χ3v) is 3.21. The van der Waals surface area contributed by atoms with Gasteiger partial charge in [0.05, 0.1) is 13.2 Å². The van der Waals surface area contributed by atoms with Gasteiger partial charge in [-0.05, 0) is 12.1 Å². The van der Waals surface area contributed by atoms with Gasteiger partial charge in [0.25, 0.3) is 0 Å². The molecule has 104 valence electrons. The van der Waals surface area contributed by atoms with Gasteiger partial charge in [-0.1, -0.05) is 44.7 Å². The number of ether oxygens (including phenoxy) is 1. The first-order valence-electron chi connectivity index (χ1n) is 6.46. The lowest BCUT2D eigenvalue weighted by atomic mass is 10.1. The Morgan fingerprint density at radius 3 is 2.89 bits per heavy atom. The van der Waals surface area contributed by atoms with Crippen molar-refractivity contribution < 1.29 is 6.16 Å². The van der Waals surface area contributed by atoms with Crippen LogP contribution < -0.4 is 5.32 Å². The van der Waals surface area contributed by atoms with E-state index in [1.54, 1.807) is 0 Å². The zero-order valence-electron chi connectivity index (χ0n) is 10.6. The molecule has 3 heteroatoms. The van der Waals surface area contributed by atoms with Crippen LogP contribution in [0.3, 0.4) is 0 Å². The molecule has 0 bridgehead atoms. The van der Waals surface area contributed by atoms with Crippen LogP contribution in [-0.2, 0) is 11.3 Å². The molecule has 1 atom stereocenters. The van der Waals surface area contributed by atoms with E-state index in [1.165, 1.54) is 5.56 Å². The Hall–Kier alpha value is -0.900. The van der Waals surface area contributed by atoms with Gasteiger partial charge < -0.3 is 10.1 Å². The van der Waals surface area contributed by atoms with Crippen LogP contribution in [0, 0.1) is 0 Å². The molecule has 0 amide bonds. The standard InChI is InChI=1S/C14H22N2O.CH4.H2/c1-2-15-10-14-12-17-9-8-16(14)11-13-6-4-3-5-7-13;;/h3-7,14-15H,2,8-12H2,1H3;1H4;1H. The maximum absolute atomic E-state index is 5.57. The average Bonchev–Trinajstić information content (AvgIpc) is 2.39. The molecule has 2 rings (SSSR count). The number of nitrogens with zero attached hydrogens (tertiary/aromatic N) is 1. The van der Waals surface area contributed by atoms with Crippen LogP contribution in [0.5, 0.6) is 0 Å². The van der Waals surface area contributed by atoms with E-state index < -0.39 is 0 Å². The maximum Gasteiger partial charge on any atom is 0.0635 e. The Bertz CT molecular complexity index is 321. The van der Waals surface area contributed by atoms with Crippen LogP contribution in [0.2, 0.25) is 0 Å². The maximum atomic E-state index is 5.57. The Kier molecular flexibility index (Phi) is 6.94. The van der Waals surface area contributed by atoms with Crippen molar-refractivity contribution in [3.05, 3.63) is 35.9 Å². The number of morpholine rings is 1. The first-order valence-corrected chi connectivity index (χ1v) is 6.46. The van der Waals surface area contributed by atoms with Gasteiger partial charge in [0.1, 0.15) is 0 Å². The fourth-order valence-corrected chi connectivity index (χ4v) is 2.21. The molecule has 0 aromatic heterocycles. The quantitative estimate of drug-likeness (QED) is 0.871. The van der Waals surface area contributed by atoms with Gasteiger partial charge in [0.15, 0.2) is 0 Å². The summed E-state index contributed by atoms with van der Waals surface area (Å²) in [5.74, 6) is 0. The highest BCUT2D eigenvalue weighted by Gasteiger charge is 2.22. The molecule has 0 radical (unpaired) electrons. The van der Waals surface area contributed by atoms with Crippen LogP contribution in [0.25, 0.3) is 0 Å². The lowest BCUT2D eigenvalue weighted by Gasteiger charge is -2.35. The van der Waals surface area contributed by atoms with Crippen LogP contribution in [0.15, 0.2) is 30.3 Å². The van der Waals surface area contributed by atoms with Crippen molar-refractivity contribution in [2.45, 2.75) is 26.9 Å². The molecule has 0 saturated carbocycles. The van der Waals surface area contributed by atoms with Crippen LogP contribution >= 0.6 is 0 Å². The first-order chi connectivity index (χ1) is 8.40. The number of rotatable bonds is 5. The third kappa shape index (κ3) is 4.41. The minimum atomic E-state index is 0. The van der Waals surface area contributed by atoms with Crippen molar-refractivity contribution in [2.24, 2.45) is 0 Å². The molecular weight excluding hydrogens is 224 g/mol. The summed E-state index contributed by atoms with van der Waals surface area (Å²) in [6.45, 7) is 7.95. The van der Waals surface area contributed by atoms with Crippen molar-refractivity contribution in [1.82, 2.24) is 10.2 Å². The molecule has 18 heavy (non-hydrogen) atoms. The lowest BCUT2D eigenvalue weighted by Crippen LogP contribution is -2.49. The highest BCUT2D eigenvalue weighted by molar-refractivity contribution is 5.14. The van der Waals surface area contributed by atoms with Crippen molar-refractivity contribution in [2.75, 3.05) is 32.8 Å². The zero-order chi connectivity index (χ0) is 11.9. The molecule has 1 fully saturated rings. The first kappa shape index (κ1) is 15.2. The van der Waals surface area contributed by atoms with E-state index in [0.717, 1.165) is 39.4 Å². The normalized spacial score (nSPS) is 20.4. The fraction of sp³-hybridized carbons (Fsp3) is 0.600. The highest BCUT2D eigenvalue weighted by Crippen LogP contribution is 2.11. The van der Waals surface area contributed by atoms with E-state index in [-0.39, 0.29) is 8.85 Å². The van der Waals surface area contributed by atoms with Crippen molar-refractivity contribution in [3.63, 3.8) is 0 Å². The van der Waals surface area contributed by atoms with E-state index in [4.69, 9.17) is 4.74 Å². The smallest absolute Gasteiger partial charge is 0.0635 e. The summed E-state index contributed by atoms with van der Waals surface area (Å²) in [5.41, 5.74) is 1.39. The fourth-order valence-electron chi connectivity index (χ4n) is 2.21.